The van der Waals surface area contributed by atoms with Crippen LogP contribution in [-0.4, -0.2) is 81.2 Å². The molecule has 354 valence electrons. The van der Waals surface area contributed by atoms with Gasteiger partial charge in [-0.2, -0.15) is 0 Å². The normalized spacial score (nSPS) is 14.9. The van der Waals surface area contributed by atoms with Gasteiger partial charge in [-0.3, -0.25) is 14.2 Å². The van der Waals surface area contributed by atoms with Gasteiger partial charge in [-0.25, -0.2) is 0 Å². The van der Waals surface area contributed by atoms with Crippen molar-refractivity contribution < 1.29 is 47.2 Å². The molecule has 10 nitrogen and oxygen atoms in total. The molecule has 1 N–H and O–H groups in total. The van der Waals surface area contributed by atoms with E-state index >= 15 is 0 Å². The molecule has 2 unspecified atom stereocenters. The van der Waals surface area contributed by atoms with Gasteiger partial charge in [0, 0.05) is 12.8 Å². The highest BCUT2D eigenvalue weighted by Gasteiger charge is 2.21. The SMILES string of the molecule is CC/C=C\C/C=C\CC(O)/C=C/C=C\C/C=C\CCCC(=O)O[C@H](COC(=O)CCCCCCCC/C=C\C/C=C\C/C=C\CCCCCC)COP(=O)([O-])OCC[N+](C)(C)C. The van der Waals surface area contributed by atoms with E-state index in [1.165, 1.54) is 32.1 Å². The molecule has 0 saturated carbocycles. The Kier molecular flexibility index (Phi) is 39.8. The topological polar surface area (TPSA) is 131 Å². The fourth-order valence-electron chi connectivity index (χ4n) is 5.72. The first-order chi connectivity index (χ1) is 29.9. The lowest BCUT2D eigenvalue weighted by atomic mass is 10.1. The summed E-state index contributed by atoms with van der Waals surface area (Å²) in [5.74, 6) is -0.966. The number of carbonyl (C=O) groups excluding carboxylic acids is 2. The number of aliphatic hydroxyl groups is 1. The van der Waals surface area contributed by atoms with Crippen LogP contribution in [0.5, 0.6) is 0 Å². The van der Waals surface area contributed by atoms with Crippen LogP contribution >= 0.6 is 7.82 Å². The average Bonchev–Trinajstić information content (AvgIpc) is 3.22. The number of esters is 2. The van der Waals surface area contributed by atoms with Gasteiger partial charge in [-0.15, -0.1) is 0 Å². The van der Waals surface area contributed by atoms with Gasteiger partial charge in [-0.1, -0.05) is 156 Å². The second-order valence-electron chi connectivity index (χ2n) is 16.6. The summed E-state index contributed by atoms with van der Waals surface area (Å²) in [5.41, 5.74) is 0. The summed E-state index contributed by atoms with van der Waals surface area (Å²) in [6, 6.07) is 0. The minimum Gasteiger partial charge on any atom is -0.756 e. The maximum atomic E-state index is 12.7. The number of likely N-dealkylation sites (N-methyl/N-ethyl adjacent to an activating group) is 1. The number of ether oxygens (including phenoxy) is 2. The summed E-state index contributed by atoms with van der Waals surface area (Å²) in [6.07, 6.45) is 51.8. The number of hydrogen-bond donors (Lipinski definition) is 1. The quantitative estimate of drug-likeness (QED) is 0.0159. The Morgan fingerprint density at radius 1 is 0.613 bits per heavy atom. The van der Waals surface area contributed by atoms with E-state index in [4.69, 9.17) is 18.5 Å². The third-order valence-electron chi connectivity index (χ3n) is 9.42. The maximum Gasteiger partial charge on any atom is 0.306 e. The number of aliphatic hydroxyl groups excluding tert-OH is 1. The van der Waals surface area contributed by atoms with Crippen molar-refractivity contribution in [2.24, 2.45) is 0 Å². The molecule has 0 aliphatic carbocycles. The highest BCUT2D eigenvalue weighted by atomic mass is 31.2. The van der Waals surface area contributed by atoms with Gasteiger partial charge >= 0.3 is 11.9 Å². The van der Waals surface area contributed by atoms with Crippen molar-refractivity contribution in [2.45, 2.75) is 167 Å². The van der Waals surface area contributed by atoms with Crippen LogP contribution in [0.15, 0.2) is 97.2 Å². The molecule has 0 aliphatic heterocycles. The summed E-state index contributed by atoms with van der Waals surface area (Å²) in [7, 11) is 1.07. The first kappa shape index (κ1) is 58.9. The smallest absolute Gasteiger partial charge is 0.306 e. The second kappa shape index (κ2) is 41.9. The molecule has 0 aromatic rings. The molecule has 0 amide bonds. The summed E-state index contributed by atoms with van der Waals surface area (Å²) in [5, 5.41) is 10.0. The van der Waals surface area contributed by atoms with Crippen molar-refractivity contribution >= 4 is 19.8 Å². The highest BCUT2D eigenvalue weighted by molar-refractivity contribution is 7.45. The standard InChI is InChI=1S/C51H86NO9P/c1-6-8-10-12-14-15-16-17-18-19-20-21-22-23-24-25-26-30-34-38-42-50(54)58-46-49(47-60-62(56,57)59-45-44-52(3,4)5)61-51(55)43-39-35-31-28-27-29-33-37-41-48(53)40-36-32-13-11-9-7-2/h9,11,15-16,18-19,21-22,28-29,31-33,36-37,41,48-49,53H,6-8,10,12-14,17,20,23-27,30,34-35,38-40,42-47H2,1-5H3/b11-9-,16-15-,19-18-,22-21-,31-28-,33-29-,36-32-,41-37+/t48?,49-/m1/s1. The van der Waals surface area contributed by atoms with E-state index < -0.39 is 38.6 Å². The van der Waals surface area contributed by atoms with Crippen LogP contribution < -0.4 is 4.89 Å². The fourth-order valence-corrected chi connectivity index (χ4v) is 6.45. The molecule has 11 heteroatoms. The molecular formula is C51H86NO9P. The Hall–Kier alpha value is -3.11. The number of carbonyl (C=O) groups is 2. The number of phosphoric acid groups is 1. The van der Waals surface area contributed by atoms with Gasteiger partial charge in [-0.05, 0) is 83.5 Å². The van der Waals surface area contributed by atoms with Gasteiger partial charge in [0.05, 0.1) is 33.9 Å². The Bertz CT molecular complexity index is 1390. The number of quaternary nitrogens is 1. The number of hydrogen-bond acceptors (Lipinski definition) is 9. The van der Waals surface area contributed by atoms with Crippen LogP contribution in [0.25, 0.3) is 0 Å². The lowest BCUT2D eigenvalue weighted by molar-refractivity contribution is -0.870. The summed E-state index contributed by atoms with van der Waals surface area (Å²) < 4.78 is 33.8. The third kappa shape index (κ3) is 44.9. The first-order valence-corrected chi connectivity index (χ1v) is 25.0. The van der Waals surface area contributed by atoms with Gasteiger partial charge in [0.15, 0.2) is 6.10 Å². The molecule has 0 aliphatic rings. The predicted molar refractivity (Wildman–Crippen MR) is 255 cm³/mol. The fraction of sp³-hybridized carbons (Fsp3) is 0.647. The number of allylic oxidation sites excluding steroid dienone is 14. The van der Waals surface area contributed by atoms with Crippen LogP contribution in [0.4, 0.5) is 0 Å². The van der Waals surface area contributed by atoms with Crippen molar-refractivity contribution in [3.63, 3.8) is 0 Å². The van der Waals surface area contributed by atoms with Crippen molar-refractivity contribution in [2.75, 3.05) is 47.5 Å². The first-order valence-electron chi connectivity index (χ1n) is 23.6. The van der Waals surface area contributed by atoms with E-state index in [0.29, 0.717) is 43.1 Å². The van der Waals surface area contributed by atoms with Gasteiger partial charge in [0.1, 0.15) is 19.8 Å². The molecule has 0 aromatic carbocycles. The van der Waals surface area contributed by atoms with E-state index in [1.54, 1.807) is 6.08 Å². The van der Waals surface area contributed by atoms with E-state index in [9.17, 15) is 24.2 Å². The lowest BCUT2D eigenvalue weighted by Gasteiger charge is -2.28. The van der Waals surface area contributed by atoms with Gasteiger partial charge in [0.2, 0.25) is 0 Å². The Morgan fingerprint density at radius 3 is 1.77 bits per heavy atom. The van der Waals surface area contributed by atoms with Crippen molar-refractivity contribution in [1.82, 2.24) is 0 Å². The largest absolute Gasteiger partial charge is 0.756 e. The maximum absolute atomic E-state index is 12.7. The molecule has 62 heavy (non-hydrogen) atoms. The summed E-state index contributed by atoms with van der Waals surface area (Å²) in [6.45, 7) is 3.90. The third-order valence-corrected chi connectivity index (χ3v) is 10.4. The molecule has 0 rings (SSSR count). The van der Waals surface area contributed by atoms with E-state index in [1.807, 2.05) is 63.7 Å². The molecule has 0 bridgehead atoms. The van der Waals surface area contributed by atoms with Crippen molar-refractivity contribution in [3.8, 4) is 0 Å². The number of unbranched alkanes of at least 4 members (excludes halogenated alkanes) is 11. The van der Waals surface area contributed by atoms with Crippen LogP contribution in [0.3, 0.4) is 0 Å². The zero-order valence-corrected chi connectivity index (χ0v) is 40.3. The van der Waals surface area contributed by atoms with Gasteiger partial charge in [0.25, 0.3) is 7.82 Å². The van der Waals surface area contributed by atoms with Crippen LogP contribution in [0.2, 0.25) is 0 Å². The van der Waals surface area contributed by atoms with Crippen LogP contribution in [0, 0.1) is 0 Å². The summed E-state index contributed by atoms with van der Waals surface area (Å²) in [4.78, 5) is 37.6. The van der Waals surface area contributed by atoms with E-state index in [0.717, 1.165) is 64.2 Å². The molecule has 0 saturated heterocycles. The lowest BCUT2D eigenvalue weighted by Crippen LogP contribution is -2.37. The molecular weight excluding hydrogens is 802 g/mol. The summed E-state index contributed by atoms with van der Waals surface area (Å²) >= 11 is 0. The minimum absolute atomic E-state index is 0.0606. The highest BCUT2D eigenvalue weighted by Crippen LogP contribution is 2.38. The number of nitrogens with zero attached hydrogens (tertiary/aromatic N) is 1. The zero-order chi connectivity index (χ0) is 45.8. The molecule has 0 spiro atoms. The van der Waals surface area contributed by atoms with E-state index in [-0.39, 0.29) is 26.1 Å². The Labute approximate surface area is 377 Å². The van der Waals surface area contributed by atoms with Crippen LogP contribution in [0.1, 0.15) is 155 Å². The Morgan fingerprint density at radius 2 is 1.15 bits per heavy atom. The average molecular weight is 888 g/mol. The van der Waals surface area contributed by atoms with E-state index in [2.05, 4.69) is 62.5 Å². The van der Waals surface area contributed by atoms with Crippen LogP contribution in [-0.2, 0) is 32.7 Å². The molecule has 0 heterocycles. The van der Waals surface area contributed by atoms with Crippen molar-refractivity contribution in [3.05, 3.63) is 97.2 Å². The molecule has 0 radical (unpaired) electrons. The number of phosphoric ester groups is 1. The second-order valence-corrected chi connectivity index (χ2v) is 18.0. The van der Waals surface area contributed by atoms with Gasteiger partial charge < -0.3 is 33.0 Å². The Balaban J connectivity index is 4.50. The molecule has 0 aromatic heterocycles. The van der Waals surface area contributed by atoms with Crippen molar-refractivity contribution in [1.29, 1.82) is 0 Å². The molecule has 0 fully saturated rings. The minimum atomic E-state index is -4.67. The molecule has 3 atom stereocenters. The zero-order valence-electron chi connectivity index (χ0n) is 39.4. The predicted octanol–water partition coefficient (Wildman–Crippen LogP) is 12.1. The monoisotopic (exact) mass is 888 g/mol. The number of rotatable bonds is 41.